The summed E-state index contributed by atoms with van der Waals surface area (Å²) in [4.78, 5) is 0. The van der Waals surface area contributed by atoms with Gasteiger partial charge in [0.25, 0.3) is 0 Å². The molecule has 0 radical (unpaired) electrons. The predicted molar refractivity (Wildman–Crippen MR) is 46.4 cm³/mol. The van der Waals surface area contributed by atoms with Crippen LogP contribution in [0.2, 0.25) is 0 Å². The highest BCUT2D eigenvalue weighted by molar-refractivity contribution is 4.93. The molecule has 2 heteroatoms. The van der Waals surface area contributed by atoms with E-state index in [0.717, 1.165) is 6.42 Å². The molecule has 0 saturated carbocycles. The number of hydrogen-bond donors (Lipinski definition) is 2. The Kier molecular flexibility index (Phi) is 4.38. The maximum Gasteiger partial charge on any atom is 0.0852 e. The van der Waals surface area contributed by atoms with E-state index in [2.05, 4.69) is 6.08 Å². The molecule has 66 valence electrons. The largest absolute Gasteiger partial charge is 0.393 e. The Morgan fingerprint density at radius 1 is 1.45 bits per heavy atom. The van der Waals surface area contributed by atoms with Gasteiger partial charge in [-0.1, -0.05) is 11.6 Å². The van der Waals surface area contributed by atoms with Gasteiger partial charge in [-0.15, -0.1) is 0 Å². The Hall–Kier alpha value is -0.340. The molecule has 0 spiro atoms. The minimum absolute atomic E-state index is 0.163. The second kappa shape index (κ2) is 4.52. The molecule has 0 aliphatic carbocycles. The summed E-state index contributed by atoms with van der Waals surface area (Å²) >= 11 is 0. The first-order valence-electron chi connectivity index (χ1n) is 3.94. The van der Waals surface area contributed by atoms with Crippen LogP contribution in [0.3, 0.4) is 0 Å². The molecule has 0 amide bonds. The Morgan fingerprint density at radius 3 is 2.36 bits per heavy atom. The topological polar surface area (TPSA) is 40.5 Å². The molecular weight excluding hydrogens is 140 g/mol. The normalized spacial score (nSPS) is 15.7. The van der Waals surface area contributed by atoms with Crippen LogP contribution in [0.25, 0.3) is 0 Å². The molecule has 0 aliphatic rings. The van der Waals surface area contributed by atoms with Gasteiger partial charge in [0, 0.05) is 0 Å². The van der Waals surface area contributed by atoms with E-state index in [1.165, 1.54) is 5.57 Å². The van der Waals surface area contributed by atoms with E-state index in [4.69, 9.17) is 5.11 Å². The maximum atomic E-state index is 9.36. The van der Waals surface area contributed by atoms with Crippen LogP contribution in [0.4, 0.5) is 0 Å². The molecule has 2 N–H and O–H groups in total. The van der Waals surface area contributed by atoms with Gasteiger partial charge in [-0.2, -0.15) is 0 Å². The second-order valence-corrected chi connectivity index (χ2v) is 3.48. The van der Waals surface area contributed by atoms with E-state index in [1.54, 1.807) is 6.92 Å². The molecule has 11 heavy (non-hydrogen) atoms. The fourth-order valence-corrected chi connectivity index (χ4v) is 0.751. The van der Waals surface area contributed by atoms with Gasteiger partial charge in [0.2, 0.25) is 0 Å². The molecule has 0 aromatic heterocycles. The number of hydrogen-bond acceptors (Lipinski definition) is 2. The van der Waals surface area contributed by atoms with Crippen LogP contribution in [0.1, 0.15) is 33.6 Å². The highest BCUT2D eigenvalue weighted by Gasteiger charge is 2.16. The lowest BCUT2D eigenvalue weighted by Gasteiger charge is -2.18. The summed E-state index contributed by atoms with van der Waals surface area (Å²) in [7, 11) is 0. The van der Waals surface area contributed by atoms with Crippen LogP contribution < -0.4 is 0 Å². The van der Waals surface area contributed by atoms with Crippen LogP contribution in [0.15, 0.2) is 11.6 Å². The van der Waals surface area contributed by atoms with Crippen molar-refractivity contribution in [1.82, 2.24) is 0 Å². The average molecular weight is 158 g/mol. The van der Waals surface area contributed by atoms with Gasteiger partial charge < -0.3 is 10.2 Å². The fraction of sp³-hybridized carbons (Fsp3) is 0.778. The zero-order chi connectivity index (χ0) is 8.91. The Balaban J connectivity index is 3.62. The summed E-state index contributed by atoms with van der Waals surface area (Å²) in [5.74, 6) is 0. The molecule has 2 nitrogen and oxygen atoms in total. The third kappa shape index (κ3) is 6.07. The van der Waals surface area contributed by atoms with Crippen LogP contribution in [0, 0.1) is 0 Å². The van der Waals surface area contributed by atoms with Gasteiger partial charge in [-0.05, 0) is 33.6 Å². The third-order valence-corrected chi connectivity index (χ3v) is 1.58. The van der Waals surface area contributed by atoms with E-state index in [0.29, 0.717) is 6.42 Å². The smallest absolute Gasteiger partial charge is 0.0852 e. The highest BCUT2D eigenvalue weighted by Crippen LogP contribution is 2.11. The lowest BCUT2D eigenvalue weighted by atomic mass is 10.0. The van der Waals surface area contributed by atoms with Crippen molar-refractivity contribution in [3.8, 4) is 0 Å². The van der Waals surface area contributed by atoms with Crippen molar-refractivity contribution in [3.63, 3.8) is 0 Å². The summed E-state index contributed by atoms with van der Waals surface area (Å²) in [6.07, 6.45) is 3.51. The molecule has 0 bridgehead atoms. The third-order valence-electron chi connectivity index (χ3n) is 1.58. The van der Waals surface area contributed by atoms with Crippen LogP contribution in [0.5, 0.6) is 0 Å². The number of rotatable bonds is 4. The summed E-state index contributed by atoms with van der Waals surface area (Å²) < 4.78 is 0. The minimum Gasteiger partial charge on any atom is -0.393 e. The molecule has 0 aliphatic heterocycles. The first-order valence-corrected chi connectivity index (χ1v) is 3.94. The lowest BCUT2D eigenvalue weighted by molar-refractivity contribution is -0.00424. The first-order chi connectivity index (χ1) is 4.98. The molecular formula is C9H18O2. The van der Waals surface area contributed by atoms with Gasteiger partial charge in [0.1, 0.15) is 0 Å². The van der Waals surface area contributed by atoms with Crippen LogP contribution in [-0.2, 0) is 0 Å². The Bertz CT molecular complexity index is 132. The number of allylic oxidation sites excluding steroid dienone is 2. The molecule has 0 fully saturated rings. The number of aliphatic hydroxyl groups is 2. The quantitative estimate of drug-likeness (QED) is 0.608. The van der Waals surface area contributed by atoms with E-state index >= 15 is 0 Å². The zero-order valence-corrected chi connectivity index (χ0v) is 7.59. The standard InChI is InChI=1S/C9H18O2/c1-8(2)5-4-6-9(3,11)7-10/h5,10-11H,4,6-7H2,1-3H3. The van der Waals surface area contributed by atoms with Gasteiger partial charge in [-0.25, -0.2) is 0 Å². The van der Waals surface area contributed by atoms with Crippen molar-refractivity contribution in [1.29, 1.82) is 0 Å². The van der Waals surface area contributed by atoms with Gasteiger partial charge in [0.15, 0.2) is 0 Å². The summed E-state index contributed by atoms with van der Waals surface area (Å²) in [6.45, 7) is 5.52. The maximum absolute atomic E-state index is 9.36. The van der Waals surface area contributed by atoms with E-state index in [-0.39, 0.29) is 6.61 Å². The lowest BCUT2D eigenvalue weighted by Crippen LogP contribution is -2.28. The molecule has 1 atom stereocenters. The first kappa shape index (κ1) is 10.7. The highest BCUT2D eigenvalue weighted by atomic mass is 16.3. The van der Waals surface area contributed by atoms with Crippen molar-refractivity contribution < 1.29 is 10.2 Å². The Labute approximate surface area is 68.6 Å². The average Bonchev–Trinajstić information content (AvgIpc) is 1.87. The predicted octanol–water partition coefficient (Wildman–Crippen LogP) is 1.48. The van der Waals surface area contributed by atoms with E-state index in [9.17, 15) is 5.11 Å². The molecule has 1 unspecified atom stereocenters. The monoisotopic (exact) mass is 158 g/mol. The van der Waals surface area contributed by atoms with Crippen LogP contribution >= 0.6 is 0 Å². The van der Waals surface area contributed by atoms with Crippen molar-refractivity contribution >= 4 is 0 Å². The van der Waals surface area contributed by atoms with Crippen molar-refractivity contribution in [2.24, 2.45) is 0 Å². The van der Waals surface area contributed by atoms with E-state index in [1.807, 2.05) is 13.8 Å². The van der Waals surface area contributed by atoms with Crippen molar-refractivity contribution in [3.05, 3.63) is 11.6 Å². The molecule has 0 saturated heterocycles. The summed E-state index contributed by atoms with van der Waals surface area (Å²) in [5.41, 5.74) is 0.338. The van der Waals surface area contributed by atoms with Gasteiger partial charge in [0.05, 0.1) is 12.2 Å². The van der Waals surface area contributed by atoms with E-state index < -0.39 is 5.60 Å². The van der Waals surface area contributed by atoms with Crippen molar-refractivity contribution in [2.75, 3.05) is 6.61 Å². The summed E-state index contributed by atoms with van der Waals surface area (Å²) in [5, 5.41) is 18.0. The molecule has 0 aromatic rings. The molecule has 0 heterocycles. The van der Waals surface area contributed by atoms with Crippen LogP contribution in [-0.4, -0.2) is 22.4 Å². The van der Waals surface area contributed by atoms with Crippen molar-refractivity contribution in [2.45, 2.75) is 39.2 Å². The van der Waals surface area contributed by atoms with Gasteiger partial charge in [-0.3, -0.25) is 0 Å². The molecule has 0 rings (SSSR count). The second-order valence-electron chi connectivity index (χ2n) is 3.48. The zero-order valence-electron chi connectivity index (χ0n) is 7.59. The molecule has 0 aromatic carbocycles. The minimum atomic E-state index is -0.911. The fourth-order valence-electron chi connectivity index (χ4n) is 0.751. The Morgan fingerprint density at radius 2 is 2.00 bits per heavy atom. The summed E-state index contributed by atoms with van der Waals surface area (Å²) in [6, 6.07) is 0. The SMILES string of the molecule is CC(C)=CCCC(C)(O)CO. The van der Waals surface area contributed by atoms with Gasteiger partial charge >= 0.3 is 0 Å². The number of aliphatic hydroxyl groups excluding tert-OH is 1.